The molecule has 1 aliphatic rings. The van der Waals surface area contributed by atoms with E-state index in [4.69, 9.17) is 0 Å². The van der Waals surface area contributed by atoms with E-state index in [1.165, 1.54) is 25.1 Å². The molecule has 0 saturated heterocycles. The highest BCUT2D eigenvalue weighted by molar-refractivity contribution is 5.93. The van der Waals surface area contributed by atoms with Crippen molar-refractivity contribution in [3.05, 3.63) is 51.2 Å². The number of carboxylic acids is 2. The Hall–Kier alpha value is -3.41. The van der Waals surface area contributed by atoms with Crippen LogP contribution in [0.2, 0.25) is 0 Å². The normalized spacial score (nSPS) is 23.1. The summed E-state index contributed by atoms with van der Waals surface area (Å²) >= 11 is 0. The maximum Gasteiger partial charge on any atom is 0.334 e. The first-order valence-electron chi connectivity index (χ1n) is 6.81. The van der Waals surface area contributed by atoms with Crippen molar-refractivity contribution >= 4 is 17.6 Å². The van der Waals surface area contributed by atoms with Crippen molar-refractivity contribution in [1.82, 2.24) is 5.32 Å². The summed E-state index contributed by atoms with van der Waals surface area (Å²) in [6.07, 6.45) is 0. The number of nitrogens with one attached hydrogen (secondary N) is 1. The molecule has 2 rings (SSSR count). The highest BCUT2D eigenvalue weighted by atomic mass is 16.6. The second kappa shape index (κ2) is 6.00. The van der Waals surface area contributed by atoms with Gasteiger partial charge < -0.3 is 15.5 Å². The molecule has 24 heavy (non-hydrogen) atoms. The van der Waals surface area contributed by atoms with Gasteiger partial charge in [-0.05, 0) is 12.5 Å². The number of nitriles is 1. The molecule has 0 radical (unpaired) electrons. The van der Waals surface area contributed by atoms with Crippen LogP contribution in [-0.2, 0) is 9.59 Å². The number of nitro groups is 1. The molecule has 9 nitrogen and oxygen atoms in total. The summed E-state index contributed by atoms with van der Waals surface area (Å²) in [5.41, 5.74) is -2.41. The molecule has 1 heterocycles. The van der Waals surface area contributed by atoms with Gasteiger partial charge in [-0.2, -0.15) is 5.26 Å². The van der Waals surface area contributed by atoms with Gasteiger partial charge in [0.15, 0.2) is 5.41 Å². The third kappa shape index (κ3) is 2.54. The van der Waals surface area contributed by atoms with Gasteiger partial charge in [-0.1, -0.05) is 12.1 Å². The maximum atomic E-state index is 11.8. The van der Waals surface area contributed by atoms with Crippen molar-refractivity contribution in [1.29, 1.82) is 5.26 Å². The van der Waals surface area contributed by atoms with Gasteiger partial charge in [0.1, 0.15) is 0 Å². The zero-order valence-corrected chi connectivity index (χ0v) is 12.5. The summed E-state index contributed by atoms with van der Waals surface area (Å²) < 4.78 is 0. The molecule has 1 aromatic rings. The summed E-state index contributed by atoms with van der Waals surface area (Å²) in [4.78, 5) is 33.7. The molecule has 0 aliphatic carbocycles. The quantitative estimate of drug-likeness (QED) is 0.550. The molecular formula is C15H13N3O6. The van der Waals surface area contributed by atoms with Crippen molar-refractivity contribution < 1.29 is 24.7 Å². The van der Waals surface area contributed by atoms with Gasteiger partial charge in [-0.15, -0.1) is 0 Å². The Morgan fingerprint density at radius 3 is 2.62 bits per heavy atom. The number of carbonyl (C=O) groups is 2. The van der Waals surface area contributed by atoms with Gasteiger partial charge in [0.25, 0.3) is 5.69 Å². The van der Waals surface area contributed by atoms with Crippen LogP contribution in [0.25, 0.3) is 0 Å². The van der Waals surface area contributed by atoms with E-state index in [1.807, 2.05) is 0 Å². The monoisotopic (exact) mass is 331 g/mol. The number of aliphatic carboxylic acids is 2. The van der Waals surface area contributed by atoms with Crippen molar-refractivity contribution in [3.8, 4) is 6.07 Å². The van der Waals surface area contributed by atoms with Gasteiger partial charge in [0.2, 0.25) is 0 Å². The minimum absolute atomic E-state index is 0.0893. The molecule has 124 valence electrons. The van der Waals surface area contributed by atoms with E-state index in [-0.39, 0.29) is 29.1 Å². The molecule has 0 aromatic heterocycles. The Bertz CT molecular complexity index is 810. The summed E-state index contributed by atoms with van der Waals surface area (Å²) in [5, 5.41) is 42.2. The topological polar surface area (TPSA) is 154 Å². The van der Waals surface area contributed by atoms with E-state index in [9.17, 15) is 35.2 Å². The van der Waals surface area contributed by atoms with E-state index >= 15 is 0 Å². The number of hydrogen-bond acceptors (Lipinski definition) is 6. The van der Waals surface area contributed by atoms with E-state index in [2.05, 4.69) is 5.32 Å². The second-order valence-corrected chi connectivity index (χ2v) is 5.37. The standard InChI is InChI=1S/C15H13N3O6/c1-8-11(13(19)20)12(15(6-16,7-17-8)14(21)22)9-3-2-4-10(5-9)18(23)24/h2-5,12,17H,7H2,1H3,(H,19,20)(H,21,22). The molecule has 0 amide bonds. The molecule has 0 fully saturated rings. The first-order valence-corrected chi connectivity index (χ1v) is 6.81. The zero-order chi connectivity index (χ0) is 18.1. The van der Waals surface area contributed by atoms with E-state index < -0.39 is 28.2 Å². The lowest BCUT2D eigenvalue weighted by Crippen LogP contribution is -2.50. The lowest BCUT2D eigenvalue weighted by molar-refractivity contribution is -0.384. The van der Waals surface area contributed by atoms with Gasteiger partial charge in [0, 0.05) is 30.3 Å². The van der Waals surface area contributed by atoms with Crippen molar-refractivity contribution in [3.63, 3.8) is 0 Å². The number of benzene rings is 1. The predicted molar refractivity (Wildman–Crippen MR) is 79.9 cm³/mol. The summed E-state index contributed by atoms with van der Waals surface area (Å²) in [6, 6.07) is 6.70. The maximum absolute atomic E-state index is 11.8. The van der Waals surface area contributed by atoms with Crippen LogP contribution in [0.3, 0.4) is 0 Å². The Morgan fingerprint density at radius 1 is 1.46 bits per heavy atom. The highest BCUT2D eigenvalue weighted by Gasteiger charge is 2.53. The van der Waals surface area contributed by atoms with Crippen LogP contribution in [-0.4, -0.2) is 33.6 Å². The van der Waals surface area contributed by atoms with Gasteiger partial charge in [-0.25, -0.2) is 4.79 Å². The number of allylic oxidation sites excluding steroid dienone is 1. The number of non-ortho nitro benzene ring substituents is 1. The lowest BCUT2D eigenvalue weighted by Gasteiger charge is -2.37. The molecule has 0 saturated carbocycles. The Kier molecular flexibility index (Phi) is 4.24. The van der Waals surface area contributed by atoms with Gasteiger partial charge >= 0.3 is 11.9 Å². The molecule has 2 atom stereocenters. The number of carboxylic acid groups (broad SMARTS) is 2. The Morgan fingerprint density at radius 2 is 2.12 bits per heavy atom. The number of rotatable bonds is 4. The molecule has 0 spiro atoms. The second-order valence-electron chi connectivity index (χ2n) is 5.37. The predicted octanol–water partition coefficient (Wildman–Crippen LogP) is 1.23. The third-order valence-corrected chi connectivity index (χ3v) is 4.04. The average molecular weight is 331 g/mol. The summed E-state index contributed by atoms with van der Waals surface area (Å²) in [6.45, 7) is 1.14. The van der Waals surface area contributed by atoms with Gasteiger partial charge in [0.05, 0.1) is 16.6 Å². The highest BCUT2D eigenvalue weighted by Crippen LogP contribution is 2.45. The number of nitro benzene ring substituents is 1. The third-order valence-electron chi connectivity index (χ3n) is 4.04. The largest absolute Gasteiger partial charge is 0.480 e. The van der Waals surface area contributed by atoms with Crippen LogP contribution in [0.5, 0.6) is 0 Å². The molecule has 2 unspecified atom stereocenters. The van der Waals surface area contributed by atoms with Gasteiger partial charge in [-0.3, -0.25) is 14.9 Å². The van der Waals surface area contributed by atoms with E-state index in [0.29, 0.717) is 0 Å². The van der Waals surface area contributed by atoms with Crippen LogP contribution in [0.4, 0.5) is 5.69 Å². The fourth-order valence-corrected chi connectivity index (χ4v) is 2.84. The van der Waals surface area contributed by atoms with Crippen molar-refractivity contribution in [2.75, 3.05) is 6.54 Å². The van der Waals surface area contributed by atoms with Crippen LogP contribution >= 0.6 is 0 Å². The van der Waals surface area contributed by atoms with Crippen LogP contribution in [0.1, 0.15) is 18.4 Å². The molecule has 1 aromatic carbocycles. The summed E-state index contributed by atoms with van der Waals surface area (Å²) in [7, 11) is 0. The van der Waals surface area contributed by atoms with Crippen LogP contribution < -0.4 is 5.32 Å². The molecule has 9 heteroatoms. The zero-order valence-electron chi connectivity index (χ0n) is 12.5. The minimum Gasteiger partial charge on any atom is -0.480 e. The number of hydrogen-bond donors (Lipinski definition) is 3. The van der Waals surface area contributed by atoms with Crippen LogP contribution in [0.15, 0.2) is 35.5 Å². The fourth-order valence-electron chi connectivity index (χ4n) is 2.84. The summed E-state index contributed by atoms with van der Waals surface area (Å²) in [5.74, 6) is -4.24. The molecule has 3 N–H and O–H groups in total. The fraction of sp³-hybridized carbons (Fsp3) is 0.267. The first-order chi connectivity index (χ1) is 11.2. The smallest absolute Gasteiger partial charge is 0.334 e. The lowest BCUT2D eigenvalue weighted by atomic mass is 9.66. The van der Waals surface area contributed by atoms with Crippen molar-refractivity contribution in [2.24, 2.45) is 5.41 Å². The Balaban J connectivity index is 2.78. The molecule has 1 aliphatic heterocycles. The van der Waals surface area contributed by atoms with E-state index in [1.54, 1.807) is 6.07 Å². The molecule has 0 bridgehead atoms. The van der Waals surface area contributed by atoms with Crippen molar-refractivity contribution in [2.45, 2.75) is 12.8 Å². The first kappa shape index (κ1) is 17.0. The number of nitrogens with zero attached hydrogens (tertiary/aromatic N) is 2. The minimum atomic E-state index is -2.09. The SMILES string of the molecule is CC1=C(C(=O)O)C(c2cccc([N+](=O)[O-])c2)C(C#N)(C(=O)O)CN1. The van der Waals surface area contributed by atoms with Crippen LogP contribution in [0, 0.1) is 26.9 Å². The Labute approximate surface area is 136 Å². The average Bonchev–Trinajstić information content (AvgIpc) is 2.54. The van der Waals surface area contributed by atoms with E-state index in [0.717, 1.165) is 6.07 Å². The molecular weight excluding hydrogens is 318 g/mol.